The van der Waals surface area contributed by atoms with Gasteiger partial charge in [0.15, 0.2) is 0 Å². The predicted molar refractivity (Wildman–Crippen MR) is 95.2 cm³/mol. The summed E-state index contributed by atoms with van der Waals surface area (Å²) in [5.74, 6) is -0.334. The number of benzene rings is 1. The number of carbonyl (C=O) groups is 3. The van der Waals surface area contributed by atoms with Crippen LogP contribution in [0.25, 0.3) is 0 Å². The molecule has 6 heteroatoms. The fraction of sp³-hybridized carbons (Fsp3) is 0.526. The molecule has 1 aliphatic rings. The van der Waals surface area contributed by atoms with Crippen LogP contribution in [0.5, 0.6) is 0 Å². The van der Waals surface area contributed by atoms with Gasteiger partial charge in [-0.25, -0.2) is 0 Å². The molecule has 1 aromatic rings. The van der Waals surface area contributed by atoms with Crippen LogP contribution in [0.2, 0.25) is 0 Å². The van der Waals surface area contributed by atoms with E-state index in [1.807, 2.05) is 31.2 Å². The molecule has 0 aliphatic carbocycles. The van der Waals surface area contributed by atoms with Crippen molar-refractivity contribution in [3.8, 4) is 0 Å². The van der Waals surface area contributed by atoms with E-state index in [0.29, 0.717) is 19.6 Å². The summed E-state index contributed by atoms with van der Waals surface area (Å²) in [6, 6.07) is 7.49. The Morgan fingerprint density at radius 1 is 1.20 bits per heavy atom. The van der Waals surface area contributed by atoms with E-state index >= 15 is 0 Å². The lowest BCUT2D eigenvalue weighted by molar-refractivity contribution is -0.148. The standard InChI is InChI=1S/C19H26N2O4/c1-3-11-20(14-19(24)25-4-2)18(23)13-15-7-9-16(10-8-15)21-12-5-6-17(21)22/h7-10H,3-6,11-14H2,1-2H3. The average molecular weight is 346 g/mol. The molecule has 2 rings (SSSR count). The zero-order valence-electron chi connectivity index (χ0n) is 15.0. The molecule has 1 aliphatic heterocycles. The normalized spacial score (nSPS) is 13.8. The third-order valence-electron chi connectivity index (χ3n) is 4.15. The zero-order valence-corrected chi connectivity index (χ0v) is 15.0. The number of carbonyl (C=O) groups excluding carboxylic acids is 3. The van der Waals surface area contributed by atoms with Crippen molar-refractivity contribution < 1.29 is 19.1 Å². The van der Waals surface area contributed by atoms with E-state index < -0.39 is 0 Å². The van der Waals surface area contributed by atoms with Crippen LogP contribution in [0.4, 0.5) is 5.69 Å². The number of nitrogens with zero attached hydrogens (tertiary/aromatic N) is 2. The van der Waals surface area contributed by atoms with Crippen LogP contribution in [-0.2, 0) is 25.5 Å². The molecular weight excluding hydrogens is 320 g/mol. The van der Waals surface area contributed by atoms with Gasteiger partial charge in [0.05, 0.1) is 13.0 Å². The molecule has 25 heavy (non-hydrogen) atoms. The summed E-state index contributed by atoms with van der Waals surface area (Å²) < 4.78 is 4.93. The smallest absolute Gasteiger partial charge is 0.325 e. The molecule has 1 heterocycles. The van der Waals surface area contributed by atoms with Crippen LogP contribution >= 0.6 is 0 Å². The maximum Gasteiger partial charge on any atom is 0.325 e. The molecule has 0 saturated carbocycles. The second kappa shape index (κ2) is 9.20. The first-order valence-corrected chi connectivity index (χ1v) is 8.87. The minimum atomic E-state index is -0.382. The maximum absolute atomic E-state index is 12.5. The summed E-state index contributed by atoms with van der Waals surface area (Å²) in [4.78, 5) is 39.2. The summed E-state index contributed by atoms with van der Waals surface area (Å²) in [7, 11) is 0. The van der Waals surface area contributed by atoms with E-state index in [9.17, 15) is 14.4 Å². The molecule has 2 amide bonds. The Morgan fingerprint density at radius 3 is 2.48 bits per heavy atom. The van der Waals surface area contributed by atoms with E-state index in [4.69, 9.17) is 4.74 Å². The highest BCUT2D eigenvalue weighted by Gasteiger charge is 2.22. The average Bonchev–Trinajstić information content (AvgIpc) is 3.01. The lowest BCUT2D eigenvalue weighted by Crippen LogP contribution is -2.38. The van der Waals surface area contributed by atoms with E-state index in [1.165, 1.54) is 4.90 Å². The molecule has 1 fully saturated rings. The summed E-state index contributed by atoms with van der Waals surface area (Å²) in [6.07, 6.45) is 2.49. The Kier molecular flexibility index (Phi) is 6.98. The molecule has 1 saturated heterocycles. The summed E-state index contributed by atoms with van der Waals surface area (Å²) in [6.45, 7) is 5.29. The molecule has 0 spiro atoms. The Hall–Kier alpha value is -2.37. The molecule has 0 bridgehead atoms. The first-order valence-electron chi connectivity index (χ1n) is 8.87. The summed E-state index contributed by atoms with van der Waals surface area (Å²) in [5, 5.41) is 0. The van der Waals surface area contributed by atoms with Gasteiger partial charge in [0, 0.05) is 25.2 Å². The van der Waals surface area contributed by atoms with Gasteiger partial charge in [0.2, 0.25) is 11.8 Å². The highest BCUT2D eigenvalue weighted by atomic mass is 16.5. The van der Waals surface area contributed by atoms with E-state index in [-0.39, 0.29) is 30.7 Å². The topological polar surface area (TPSA) is 66.9 Å². The van der Waals surface area contributed by atoms with Crippen molar-refractivity contribution in [3.05, 3.63) is 29.8 Å². The molecule has 136 valence electrons. The lowest BCUT2D eigenvalue weighted by Gasteiger charge is -2.21. The van der Waals surface area contributed by atoms with Crippen LogP contribution in [0.15, 0.2) is 24.3 Å². The minimum Gasteiger partial charge on any atom is -0.465 e. The number of hydrogen-bond acceptors (Lipinski definition) is 4. The van der Waals surface area contributed by atoms with Gasteiger partial charge in [0.1, 0.15) is 6.54 Å². The van der Waals surface area contributed by atoms with Crippen molar-refractivity contribution in [2.45, 2.75) is 39.5 Å². The molecule has 6 nitrogen and oxygen atoms in total. The van der Waals surface area contributed by atoms with Gasteiger partial charge in [-0.1, -0.05) is 19.1 Å². The maximum atomic E-state index is 12.5. The predicted octanol–water partition coefficient (Wildman–Crippen LogP) is 2.16. The number of ether oxygens (including phenoxy) is 1. The molecule has 0 unspecified atom stereocenters. The monoisotopic (exact) mass is 346 g/mol. The second-order valence-corrected chi connectivity index (χ2v) is 6.11. The van der Waals surface area contributed by atoms with Crippen LogP contribution in [0.1, 0.15) is 38.7 Å². The van der Waals surface area contributed by atoms with Crippen molar-refractivity contribution in [3.63, 3.8) is 0 Å². The Bertz CT molecular complexity index is 612. The van der Waals surface area contributed by atoms with E-state index in [1.54, 1.807) is 11.8 Å². The van der Waals surface area contributed by atoms with Crippen molar-refractivity contribution in [1.82, 2.24) is 4.90 Å². The van der Waals surface area contributed by atoms with Crippen LogP contribution in [-0.4, -0.2) is 48.9 Å². The second-order valence-electron chi connectivity index (χ2n) is 6.11. The van der Waals surface area contributed by atoms with Crippen molar-refractivity contribution in [2.75, 3.05) is 31.1 Å². The molecule has 0 N–H and O–H groups in total. The van der Waals surface area contributed by atoms with Gasteiger partial charge in [-0.2, -0.15) is 0 Å². The van der Waals surface area contributed by atoms with Gasteiger partial charge in [-0.15, -0.1) is 0 Å². The van der Waals surface area contributed by atoms with E-state index in [2.05, 4.69) is 0 Å². The fourth-order valence-electron chi connectivity index (χ4n) is 2.93. The molecule has 1 aromatic carbocycles. The highest BCUT2D eigenvalue weighted by molar-refractivity contribution is 5.95. The number of amides is 2. The summed E-state index contributed by atoms with van der Waals surface area (Å²) in [5.41, 5.74) is 1.74. The fourth-order valence-corrected chi connectivity index (χ4v) is 2.93. The molecular formula is C19H26N2O4. The highest BCUT2D eigenvalue weighted by Crippen LogP contribution is 2.21. The van der Waals surface area contributed by atoms with Gasteiger partial charge in [0.25, 0.3) is 0 Å². The van der Waals surface area contributed by atoms with Gasteiger partial charge >= 0.3 is 5.97 Å². The largest absolute Gasteiger partial charge is 0.465 e. The van der Waals surface area contributed by atoms with E-state index in [0.717, 1.165) is 30.6 Å². The third kappa shape index (κ3) is 5.31. The van der Waals surface area contributed by atoms with Crippen molar-refractivity contribution in [2.24, 2.45) is 0 Å². The first kappa shape index (κ1) is 19.0. The Morgan fingerprint density at radius 2 is 1.92 bits per heavy atom. The molecule has 0 atom stereocenters. The first-order chi connectivity index (χ1) is 12.0. The van der Waals surface area contributed by atoms with Gasteiger partial charge < -0.3 is 14.5 Å². The Labute approximate surface area is 148 Å². The SMILES string of the molecule is CCCN(CC(=O)OCC)C(=O)Cc1ccc(N2CCCC2=O)cc1. The van der Waals surface area contributed by atoms with Crippen LogP contribution in [0, 0.1) is 0 Å². The quantitative estimate of drug-likeness (QED) is 0.677. The lowest BCUT2D eigenvalue weighted by atomic mass is 10.1. The number of esters is 1. The van der Waals surface area contributed by atoms with Crippen LogP contribution in [0.3, 0.4) is 0 Å². The zero-order chi connectivity index (χ0) is 18.2. The summed E-state index contributed by atoms with van der Waals surface area (Å²) >= 11 is 0. The van der Waals surface area contributed by atoms with Gasteiger partial charge in [-0.05, 0) is 37.5 Å². The third-order valence-corrected chi connectivity index (χ3v) is 4.15. The molecule has 0 aromatic heterocycles. The van der Waals surface area contributed by atoms with Crippen molar-refractivity contribution in [1.29, 1.82) is 0 Å². The van der Waals surface area contributed by atoms with Crippen LogP contribution < -0.4 is 4.90 Å². The number of rotatable bonds is 8. The van der Waals surface area contributed by atoms with Crippen molar-refractivity contribution >= 4 is 23.5 Å². The number of anilines is 1. The van der Waals surface area contributed by atoms with Gasteiger partial charge in [-0.3, -0.25) is 14.4 Å². The minimum absolute atomic E-state index is 0.0130. The number of hydrogen-bond donors (Lipinski definition) is 0. The molecule has 0 radical (unpaired) electrons. The Balaban J connectivity index is 1.97.